The van der Waals surface area contributed by atoms with E-state index < -0.39 is 16.2 Å². The molecule has 4 rings (SSSR count). The average molecular weight is 437 g/mol. The minimum atomic E-state index is -3.89. The first-order valence-electron chi connectivity index (χ1n) is 8.08. The van der Waals surface area contributed by atoms with E-state index in [9.17, 15) is 8.42 Å². The monoisotopic (exact) mass is 436 g/mol. The van der Waals surface area contributed by atoms with E-state index in [1.807, 2.05) is 0 Å². The lowest BCUT2D eigenvalue weighted by Crippen LogP contribution is -2.35. The fourth-order valence-corrected chi connectivity index (χ4v) is 4.62. The molecule has 7 nitrogen and oxygen atoms in total. The van der Waals surface area contributed by atoms with Gasteiger partial charge >= 0.3 is 0 Å². The first-order valence-corrected chi connectivity index (χ1v) is 10.3. The molecule has 1 aromatic heterocycles. The molecule has 3 aromatic rings. The van der Waals surface area contributed by atoms with Crippen molar-refractivity contribution in [3.63, 3.8) is 0 Å². The van der Waals surface area contributed by atoms with Crippen LogP contribution in [0.5, 0.6) is 0 Å². The highest BCUT2D eigenvalue weighted by Crippen LogP contribution is 2.34. The van der Waals surface area contributed by atoms with Crippen molar-refractivity contribution >= 4 is 56.8 Å². The fourth-order valence-electron chi connectivity index (χ4n) is 2.80. The van der Waals surface area contributed by atoms with Crippen LogP contribution >= 0.6 is 23.2 Å². The second kappa shape index (κ2) is 7.14. The van der Waals surface area contributed by atoms with Crippen LogP contribution in [0.4, 0.5) is 17.3 Å². The second-order valence-electron chi connectivity index (χ2n) is 6.00. The number of rotatable bonds is 4. The largest absolute Gasteiger partial charge is 0.446 e. The number of nitrogens with zero attached hydrogens (tertiary/aromatic N) is 2. The number of aliphatic imine (C=N–C) groups is 1. The molecule has 3 N–H and O–H groups in total. The molecule has 1 unspecified atom stereocenters. The predicted octanol–water partition coefficient (Wildman–Crippen LogP) is 4.52. The lowest BCUT2D eigenvalue weighted by Gasteiger charge is -2.29. The van der Waals surface area contributed by atoms with Gasteiger partial charge in [0.15, 0.2) is 0 Å². The summed E-state index contributed by atoms with van der Waals surface area (Å²) >= 11 is 11.9. The summed E-state index contributed by atoms with van der Waals surface area (Å²) in [6.45, 7) is 0. The maximum atomic E-state index is 12.6. The van der Waals surface area contributed by atoms with E-state index in [1.165, 1.54) is 24.5 Å². The molecule has 0 saturated heterocycles. The molecule has 144 valence electrons. The Morgan fingerprint density at radius 1 is 1.11 bits per heavy atom. The van der Waals surface area contributed by atoms with Gasteiger partial charge in [0, 0.05) is 16.4 Å². The van der Waals surface area contributed by atoms with E-state index >= 15 is 0 Å². The molecule has 2 heterocycles. The van der Waals surface area contributed by atoms with Gasteiger partial charge in [0.1, 0.15) is 17.4 Å². The van der Waals surface area contributed by atoms with Crippen LogP contribution < -0.4 is 15.4 Å². The van der Waals surface area contributed by atoms with Gasteiger partial charge in [-0.15, -0.1) is 0 Å². The van der Waals surface area contributed by atoms with E-state index in [-0.39, 0.29) is 14.9 Å². The second-order valence-corrected chi connectivity index (χ2v) is 8.50. The fraction of sp³-hybridized carbons (Fsp3) is 0.0556. The van der Waals surface area contributed by atoms with Crippen molar-refractivity contribution in [1.82, 2.24) is 0 Å². The molecular formula is C18H14Cl2N4O3S. The number of nitrogens with one attached hydrogen (secondary N) is 1. The van der Waals surface area contributed by atoms with Crippen molar-refractivity contribution in [2.45, 2.75) is 11.1 Å². The van der Waals surface area contributed by atoms with Gasteiger partial charge in [-0.3, -0.25) is 4.72 Å². The maximum absolute atomic E-state index is 12.6. The lowest BCUT2D eigenvalue weighted by molar-refractivity contribution is 0.567. The molecule has 0 fully saturated rings. The standard InChI is InChI=1S/C18H14Cl2N4O3S/c19-11-1-6-15(20)16(9-11)28(25,26)23-12-2-4-13(5-3-12)24-10-22-18-14(17(24)21)7-8-27-18/h1-10,17,23H,21H2. The summed E-state index contributed by atoms with van der Waals surface area (Å²) in [6, 6.07) is 12.7. The number of halogens is 2. The van der Waals surface area contributed by atoms with E-state index in [1.54, 1.807) is 41.6 Å². The number of anilines is 2. The highest BCUT2D eigenvalue weighted by Gasteiger charge is 2.24. The summed E-state index contributed by atoms with van der Waals surface area (Å²) in [6.07, 6.45) is 2.64. The summed E-state index contributed by atoms with van der Waals surface area (Å²) < 4.78 is 32.9. The average Bonchev–Trinajstić information content (AvgIpc) is 3.14. The van der Waals surface area contributed by atoms with Crippen molar-refractivity contribution < 1.29 is 12.8 Å². The Morgan fingerprint density at radius 3 is 2.61 bits per heavy atom. The third-order valence-electron chi connectivity index (χ3n) is 4.19. The van der Waals surface area contributed by atoms with Crippen LogP contribution in [-0.4, -0.2) is 14.8 Å². The Balaban J connectivity index is 1.56. The van der Waals surface area contributed by atoms with Crippen LogP contribution in [0.1, 0.15) is 11.7 Å². The maximum Gasteiger partial charge on any atom is 0.263 e. The van der Waals surface area contributed by atoms with E-state index in [0.29, 0.717) is 11.6 Å². The number of hydrogen-bond acceptors (Lipinski definition) is 6. The lowest BCUT2D eigenvalue weighted by atomic mass is 10.2. The molecule has 2 aromatic carbocycles. The normalized spacial score (nSPS) is 16.1. The molecular weight excluding hydrogens is 423 g/mol. The van der Waals surface area contributed by atoms with Crippen molar-refractivity contribution in [3.05, 3.63) is 70.4 Å². The molecule has 1 aliphatic rings. The Kier molecular flexibility index (Phi) is 4.80. The van der Waals surface area contributed by atoms with E-state index in [4.69, 9.17) is 33.4 Å². The van der Waals surface area contributed by atoms with Gasteiger partial charge in [-0.05, 0) is 48.5 Å². The van der Waals surface area contributed by atoms with Gasteiger partial charge in [0.05, 0.1) is 16.8 Å². The zero-order valence-corrected chi connectivity index (χ0v) is 16.5. The van der Waals surface area contributed by atoms with Crippen LogP contribution in [0.15, 0.2) is 69.1 Å². The number of hydrogen-bond donors (Lipinski definition) is 2. The summed E-state index contributed by atoms with van der Waals surface area (Å²) in [5.41, 5.74) is 8.13. The van der Waals surface area contributed by atoms with Gasteiger partial charge < -0.3 is 15.1 Å². The molecule has 0 aliphatic carbocycles. The zero-order chi connectivity index (χ0) is 19.9. The molecule has 1 atom stereocenters. The Morgan fingerprint density at radius 2 is 1.86 bits per heavy atom. The highest BCUT2D eigenvalue weighted by atomic mass is 35.5. The molecule has 0 radical (unpaired) electrons. The number of nitrogens with two attached hydrogens (primary N) is 1. The van der Waals surface area contributed by atoms with Crippen molar-refractivity contribution in [2.75, 3.05) is 9.62 Å². The van der Waals surface area contributed by atoms with Crippen LogP contribution in [0.3, 0.4) is 0 Å². The molecule has 0 saturated carbocycles. The van der Waals surface area contributed by atoms with Crippen molar-refractivity contribution in [3.8, 4) is 0 Å². The molecule has 0 amide bonds. The van der Waals surface area contributed by atoms with Crippen molar-refractivity contribution in [1.29, 1.82) is 0 Å². The summed E-state index contributed by atoms with van der Waals surface area (Å²) in [4.78, 5) is 5.88. The minimum Gasteiger partial charge on any atom is -0.446 e. The summed E-state index contributed by atoms with van der Waals surface area (Å²) in [7, 11) is -3.89. The van der Waals surface area contributed by atoms with Crippen LogP contribution in [-0.2, 0) is 10.0 Å². The zero-order valence-electron chi connectivity index (χ0n) is 14.2. The smallest absolute Gasteiger partial charge is 0.263 e. The Bertz CT molecular complexity index is 1160. The number of benzene rings is 2. The summed E-state index contributed by atoms with van der Waals surface area (Å²) in [5.74, 6) is 0.478. The highest BCUT2D eigenvalue weighted by molar-refractivity contribution is 7.92. The van der Waals surface area contributed by atoms with Gasteiger partial charge in [-0.2, -0.15) is 0 Å². The number of fused-ring (bicyclic) bond motifs is 1. The SMILES string of the molecule is NC1c2ccoc2N=CN1c1ccc(NS(=O)(=O)c2cc(Cl)ccc2Cl)cc1. The molecule has 1 aliphatic heterocycles. The molecule has 28 heavy (non-hydrogen) atoms. The van der Waals surface area contributed by atoms with Gasteiger partial charge in [-0.25, -0.2) is 13.4 Å². The predicted molar refractivity (Wildman–Crippen MR) is 110 cm³/mol. The first-order chi connectivity index (χ1) is 13.3. The van der Waals surface area contributed by atoms with Gasteiger partial charge in [0.25, 0.3) is 10.0 Å². The van der Waals surface area contributed by atoms with Crippen LogP contribution in [0.25, 0.3) is 0 Å². The number of furan rings is 1. The third-order valence-corrected chi connectivity index (χ3v) is 6.29. The van der Waals surface area contributed by atoms with Gasteiger partial charge in [0.2, 0.25) is 5.88 Å². The van der Waals surface area contributed by atoms with Crippen molar-refractivity contribution in [2.24, 2.45) is 10.7 Å². The number of sulfonamides is 1. The molecule has 10 heteroatoms. The topological polar surface area (TPSA) is 101 Å². The van der Waals surface area contributed by atoms with E-state index in [0.717, 1.165) is 11.3 Å². The van der Waals surface area contributed by atoms with Crippen LogP contribution in [0.2, 0.25) is 10.0 Å². The summed E-state index contributed by atoms with van der Waals surface area (Å²) in [5, 5.41) is 0.358. The van der Waals surface area contributed by atoms with Crippen LogP contribution in [0, 0.1) is 0 Å². The molecule has 0 bridgehead atoms. The Hall–Kier alpha value is -2.52. The molecule has 0 spiro atoms. The van der Waals surface area contributed by atoms with Gasteiger partial charge in [-0.1, -0.05) is 23.2 Å². The Labute approximate surface area is 171 Å². The quantitative estimate of drug-likeness (QED) is 0.625. The minimum absolute atomic E-state index is 0.0833. The third kappa shape index (κ3) is 3.47. The van der Waals surface area contributed by atoms with E-state index in [2.05, 4.69) is 9.71 Å². The first kappa shape index (κ1) is 18.8.